The van der Waals surface area contributed by atoms with Crippen LogP contribution in [0, 0.1) is 0 Å². The van der Waals surface area contributed by atoms with E-state index in [0.29, 0.717) is 12.2 Å². The molecule has 3 heteroatoms. The van der Waals surface area contributed by atoms with Crippen LogP contribution in [0.2, 0.25) is 0 Å². The molecule has 0 atom stereocenters. The second-order valence-corrected chi connectivity index (χ2v) is 4.85. The van der Waals surface area contributed by atoms with Gasteiger partial charge in [0.15, 0.2) is 0 Å². The molecule has 2 nitrogen and oxygen atoms in total. The zero-order chi connectivity index (χ0) is 9.97. The van der Waals surface area contributed by atoms with E-state index >= 15 is 0 Å². The molecule has 1 aromatic rings. The molecule has 2 heterocycles. The van der Waals surface area contributed by atoms with Crippen LogP contribution in [-0.4, -0.2) is 23.8 Å². The molecule has 0 N–H and O–H groups in total. The van der Waals surface area contributed by atoms with E-state index in [1.165, 1.54) is 10.4 Å². The van der Waals surface area contributed by atoms with E-state index in [0.717, 1.165) is 26.1 Å². The first-order chi connectivity index (χ1) is 6.75. The Balaban J connectivity index is 1.91. The van der Waals surface area contributed by atoms with Gasteiger partial charge in [-0.15, -0.1) is 11.3 Å². The van der Waals surface area contributed by atoms with Crippen LogP contribution in [0.15, 0.2) is 11.4 Å². The highest BCUT2D eigenvalue weighted by Gasteiger charge is 2.16. The Labute approximate surface area is 88.5 Å². The number of carbonyl (C=O) groups excluding carboxylic acids is 1. The summed E-state index contributed by atoms with van der Waals surface area (Å²) in [6, 6.07) is 2.22. The molecule has 1 aliphatic heterocycles. The van der Waals surface area contributed by atoms with Crippen LogP contribution in [0.25, 0.3) is 0 Å². The summed E-state index contributed by atoms with van der Waals surface area (Å²) in [5, 5.41) is 2.17. The molecule has 0 bridgehead atoms. The van der Waals surface area contributed by atoms with Crippen LogP contribution in [-0.2, 0) is 17.8 Å². The minimum absolute atomic E-state index is 0.293. The van der Waals surface area contributed by atoms with Crippen molar-refractivity contribution in [3.8, 4) is 0 Å². The fourth-order valence-corrected chi connectivity index (χ4v) is 2.77. The summed E-state index contributed by atoms with van der Waals surface area (Å²) < 4.78 is 0. The molecule has 0 unspecified atom stereocenters. The summed E-state index contributed by atoms with van der Waals surface area (Å²) in [5.41, 5.74) is 1.51. The van der Waals surface area contributed by atoms with Crippen molar-refractivity contribution in [1.82, 2.24) is 4.90 Å². The number of nitrogens with zero attached hydrogens (tertiary/aromatic N) is 1. The third-order valence-electron chi connectivity index (χ3n) is 2.68. The van der Waals surface area contributed by atoms with E-state index in [2.05, 4.69) is 16.3 Å². The van der Waals surface area contributed by atoms with Crippen molar-refractivity contribution >= 4 is 17.1 Å². The fourth-order valence-electron chi connectivity index (χ4n) is 1.80. The van der Waals surface area contributed by atoms with Crippen molar-refractivity contribution in [2.24, 2.45) is 0 Å². The first kappa shape index (κ1) is 9.87. The highest BCUT2D eigenvalue weighted by atomic mass is 32.1. The molecule has 0 saturated heterocycles. The number of hydrogen-bond acceptors (Lipinski definition) is 3. The second kappa shape index (κ2) is 4.24. The smallest absolute Gasteiger partial charge is 0.131 e. The van der Waals surface area contributed by atoms with Gasteiger partial charge in [0.05, 0.1) is 0 Å². The zero-order valence-corrected chi connectivity index (χ0v) is 9.27. The molecule has 1 aromatic heterocycles. The molecule has 76 valence electrons. The highest BCUT2D eigenvalue weighted by molar-refractivity contribution is 7.10. The largest absolute Gasteiger partial charge is 0.300 e. The summed E-state index contributed by atoms with van der Waals surface area (Å²) in [5.74, 6) is 0.293. The average molecular weight is 209 g/mol. The van der Waals surface area contributed by atoms with Crippen LogP contribution in [0.4, 0.5) is 0 Å². The highest BCUT2D eigenvalue weighted by Crippen LogP contribution is 2.23. The lowest BCUT2D eigenvalue weighted by Gasteiger charge is -2.26. The molecule has 0 amide bonds. The molecule has 0 saturated carbocycles. The van der Waals surface area contributed by atoms with Gasteiger partial charge in [-0.05, 0) is 30.4 Å². The van der Waals surface area contributed by atoms with Crippen LogP contribution < -0.4 is 0 Å². The van der Waals surface area contributed by atoms with E-state index in [1.54, 1.807) is 6.92 Å². The molecule has 0 aliphatic carbocycles. The van der Waals surface area contributed by atoms with E-state index in [1.807, 2.05) is 11.3 Å². The number of thiophene rings is 1. The van der Waals surface area contributed by atoms with Crippen LogP contribution >= 0.6 is 11.3 Å². The number of hydrogen-bond donors (Lipinski definition) is 0. The number of rotatable bonds is 3. The van der Waals surface area contributed by atoms with Gasteiger partial charge < -0.3 is 0 Å². The van der Waals surface area contributed by atoms with E-state index in [4.69, 9.17) is 0 Å². The molecule has 0 aromatic carbocycles. The standard InChI is InChI=1S/C11H15NOS/c1-9(13)2-5-12-6-3-10-4-7-14-11(10)8-12/h4,7H,2-3,5-6,8H2,1H3. The Bertz CT molecular complexity index is 332. The van der Waals surface area contributed by atoms with E-state index < -0.39 is 0 Å². The van der Waals surface area contributed by atoms with E-state index in [9.17, 15) is 4.79 Å². The van der Waals surface area contributed by atoms with Gasteiger partial charge in [-0.2, -0.15) is 0 Å². The van der Waals surface area contributed by atoms with Gasteiger partial charge in [-0.1, -0.05) is 0 Å². The Morgan fingerprint density at radius 3 is 3.29 bits per heavy atom. The molecule has 14 heavy (non-hydrogen) atoms. The topological polar surface area (TPSA) is 20.3 Å². The maximum Gasteiger partial charge on any atom is 0.131 e. The van der Waals surface area contributed by atoms with Gasteiger partial charge in [-0.25, -0.2) is 0 Å². The Morgan fingerprint density at radius 2 is 2.50 bits per heavy atom. The van der Waals surface area contributed by atoms with Crippen molar-refractivity contribution in [3.63, 3.8) is 0 Å². The van der Waals surface area contributed by atoms with Gasteiger partial charge >= 0.3 is 0 Å². The van der Waals surface area contributed by atoms with Gasteiger partial charge in [0, 0.05) is 30.9 Å². The van der Waals surface area contributed by atoms with Crippen molar-refractivity contribution in [2.45, 2.75) is 26.3 Å². The van der Waals surface area contributed by atoms with Crippen LogP contribution in [0.5, 0.6) is 0 Å². The molecular formula is C11H15NOS. The van der Waals surface area contributed by atoms with Crippen molar-refractivity contribution in [3.05, 3.63) is 21.9 Å². The molecule has 2 rings (SSSR count). The molecule has 0 fully saturated rings. The summed E-state index contributed by atoms with van der Waals surface area (Å²) in [6.45, 7) is 4.74. The number of carbonyl (C=O) groups is 1. The third kappa shape index (κ3) is 2.22. The number of ketones is 1. The lowest BCUT2D eigenvalue weighted by Crippen LogP contribution is -2.31. The maximum absolute atomic E-state index is 10.9. The summed E-state index contributed by atoms with van der Waals surface area (Å²) in [6.07, 6.45) is 1.84. The third-order valence-corrected chi connectivity index (χ3v) is 3.63. The summed E-state index contributed by atoms with van der Waals surface area (Å²) in [4.78, 5) is 14.7. The van der Waals surface area contributed by atoms with Crippen molar-refractivity contribution in [2.75, 3.05) is 13.1 Å². The van der Waals surface area contributed by atoms with Crippen LogP contribution in [0.1, 0.15) is 23.8 Å². The number of Topliss-reactive ketones (excluding diaryl/α,β-unsaturated/α-hetero) is 1. The monoisotopic (exact) mass is 209 g/mol. The summed E-state index contributed by atoms with van der Waals surface area (Å²) in [7, 11) is 0. The predicted octanol–water partition coefficient (Wildman–Crippen LogP) is 2.09. The normalized spacial score (nSPS) is 16.6. The Morgan fingerprint density at radius 1 is 1.64 bits per heavy atom. The van der Waals surface area contributed by atoms with Crippen LogP contribution in [0.3, 0.4) is 0 Å². The minimum Gasteiger partial charge on any atom is -0.300 e. The lowest BCUT2D eigenvalue weighted by molar-refractivity contribution is -0.117. The maximum atomic E-state index is 10.9. The van der Waals surface area contributed by atoms with Gasteiger partial charge in [0.2, 0.25) is 0 Å². The quantitative estimate of drug-likeness (QED) is 0.759. The van der Waals surface area contributed by atoms with E-state index in [-0.39, 0.29) is 0 Å². The molecule has 0 spiro atoms. The Kier molecular flexibility index (Phi) is 2.99. The SMILES string of the molecule is CC(=O)CCN1CCc2ccsc2C1. The average Bonchev–Trinajstić information content (AvgIpc) is 2.61. The predicted molar refractivity (Wildman–Crippen MR) is 58.6 cm³/mol. The Hall–Kier alpha value is -0.670. The van der Waals surface area contributed by atoms with Gasteiger partial charge in [0.1, 0.15) is 5.78 Å². The van der Waals surface area contributed by atoms with Gasteiger partial charge in [-0.3, -0.25) is 9.69 Å². The number of fused-ring (bicyclic) bond motifs is 1. The molecular weight excluding hydrogens is 194 g/mol. The fraction of sp³-hybridized carbons (Fsp3) is 0.545. The van der Waals surface area contributed by atoms with Gasteiger partial charge in [0.25, 0.3) is 0 Å². The molecule has 0 radical (unpaired) electrons. The van der Waals surface area contributed by atoms with Crippen molar-refractivity contribution in [1.29, 1.82) is 0 Å². The molecule has 1 aliphatic rings. The first-order valence-electron chi connectivity index (χ1n) is 5.03. The minimum atomic E-state index is 0.293. The summed E-state index contributed by atoms with van der Waals surface area (Å²) >= 11 is 1.84. The zero-order valence-electron chi connectivity index (χ0n) is 8.45. The van der Waals surface area contributed by atoms with Crippen molar-refractivity contribution < 1.29 is 4.79 Å². The second-order valence-electron chi connectivity index (χ2n) is 3.85. The lowest BCUT2D eigenvalue weighted by atomic mass is 10.1. The first-order valence-corrected chi connectivity index (χ1v) is 5.90.